The van der Waals surface area contributed by atoms with Gasteiger partial charge in [-0.15, -0.1) is 0 Å². The zero-order valence-corrected chi connectivity index (χ0v) is 15.7. The highest BCUT2D eigenvalue weighted by molar-refractivity contribution is 6.06. The Labute approximate surface area is 158 Å². The molecule has 140 valence electrons. The van der Waals surface area contributed by atoms with Crippen molar-refractivity contribution >= 4 is 11.9 Å². The van der Waals surface area contributed by atoms with E-state index < -0.39 is 5.54 Å². The number of ether oxygens (including phenoxy) is 2. The van der Waals surface area contributed by atoms with Gasteiger partial charge in [0.05, 0.1) is 6.54 Å². The average molecular weight is 366 g/mol. The number of nitrogens with one attached hydrogen (secondary N) is 1. The lowest BCUT2D eigenvalue weighted by Gasteiger charge is -2.22. The highest BCUT2D eigenvalue weighted by Gasteiger charge is 2.47. The fourth-order valence-corrected chi connectivity index (χ4v) is 3.61. The van der Waals surface area contributed by atoms with Crippen molar-refractivity contribution < 1.29 is 19.1 Å². The lowest BCUT2D eigenvalue weighted by Crippen LogP contribution is -2.45. The standard InChI is InChI=1S/C21H22N2O4/c1-13-4-5-14(2)16(8-13)11-23-19(24)21(3,22-20(23)25)10-15-6-7-17-18(9-15)27-12-26-17/h4-9H,10-12H2,1-3H3,(H,22,25). The van der Waals surface area contributed by atoms with Crippen molar-refractivity contribution in [2.45, 2.75) is 39.3 Å². The summed E-state index contributed by atoms with van der Waals surface area (Å²) in [6.07, 6.45) is 0.386. The number of hydrogen-bond acceptors (Lipinski definition) is 4. The SMILES string of the molecule is Cc1ccc(C)c(CN2C(=O)NC(C)(Cc3ccc4c(c3)OCO4)C2=O)c1. The number of amides is 3. The van der Waals surface area contributed by atoms with Gasteiger partial charge in [0.2, 0.25) is 6.79 Å². The number of hydrogen-bond donors (Lipinski definition) is 1. The third-order valence-corrected chi connectivity index (χ3v) is 5.17. The molecule has 3 amide bonds. The minimum atomic E-state index is -0.984. The first-order valence-electron chi connectivity index (χ1n) is 8.94. The maximum atomic E-state index is 13.1. The molecule has 2 aromatic rings. The van der Waals surface area contributed by atoms with Gasteiger partial charge in [0.1, 0.15) is 5.54 Å². The van der Waals surface area contributed by atoms with Crippen LogP contribution in [0.1, 0.15) is 29.2 Å². The Morgan fingerprint density at radius 3 is 2.67 bits per heavy atom. The van der Waals surface area contributed by atoms with Crippen LogP contribution in [0.15, 0.2) is 36.4 Å². The predicted molar refractivity (Wildman–Crippen MR) is 99.7 cm³/mol. The van der Waals surface area contributed by atoms with Crippen LogP contribution >= 0.6 is 0 Å². The van der Waals surface area contributed by atoms with Gasteiger partial charge in [0.15, 0.2) is 11.5 Å². The Morgan fingerprint density at radius 2 is 1.85 bits per heavy atom. The molecule has 2 aromatic carbocycles. The molecular weight excluding hydrogens is 344 g/mol. The first-order chi connectivity index (χ1) is 12.9. The second-order valence-electron chi connectivity index (χ2n) is 7.45. The molecule has 1 fully saturated rings. The molecule has 4 rings (SSSR count). The number of benzene rings is 2. The molecule has 2 heterocycles. The number of urea groups is 1. The summed E-state index contributed by atoms with van der Waals surface area (Å²) in [5.74, 6) is 1.15. The maximum Gasteiger partial charge on any atom is 0.325 e. The van der Waals surface area contributed by atoms with E-state index in [9.17, 15) is 9.59 Å². The lowest BCUT2D eigenvalue weighted by atomic mass is 9.92. The zero-order valence-electron chi connectivity index (χ0n) is 15.7. The van der Waals surface area contributed by atoms with Gasteiger partial charge >= 0.3 is 6.03 Å². The van der Waals surface area contributed by atoms with Crippen molar-refractivity contribution in [3.63, 3.8) is 0 Å². The summed E-state index contributed by atoms with van der Waals surface area (Å²) >= 11 is 0. The number of fused-ring (bicyclic) bond motifs is 1. The molecule has 0 bridgehead atoms. The second-order valence-corrected chi connectivity index (χ2v) is 7.45. The van der Waals surface area contributed by atoms with E-state index in [4.69, 9.17) is 9.47 Å². The Bertz CT molecular complexity index is 940. The molecule has 0 saturated carbocycles. The zero-order chi connectivity index (χ0) is 19.2. The van der Waals surface area contributed by atoms with E-state index in [0.717, 1.165) is 22.3 Å². The summed E-state index contributed by atoms with van der Waals surface area (Å²) in [5, 5.41) is 2.87. The van der Waals surface area contributed by atoms with Crippen LogP contribution in [0.3, 0.4) is 0 Å². The molecule has 2 aliphatic heterocycles. The van der Waals surface area contributed by atoms with Crippen LogP contribution in [-0.2, 0) is 17.8 Å². The summed E-state index contributed by atoms with van der Waals surface area (Å²) < 4.78 is 10.7. The largest absolute Gasteiger partial charge is 0.454 e. The normalized spacial score (nSPS) is 20.9. The Balaban J connectivity index is 1.55. The summed E-state index contributed by atoms with van der Waals surface area (Å²) in [7, 11) is 0. The van der Waals surface area contributed by atoms with Crippen molar-refractivity contribution in [3.8, 4) is 11.5 Å². The number of imide groups is 1. The van der Waals surface area contributed by atoms with Crippen molar-refractivity contribution in [2.24, 2.45) is 0 Å². The van der Waals surface area contributed by atoms with E-state index in [1.54, 1.807) is 6.92 Å². The van der Waals surface area contributed by atoms with Gasteiger partial charge in [-0.2, -0.15) is 0 Å². The molecular formula is C21H22N2O4. The van der Waals surface area contributed by atoms with Gasteiger partial charge < -0.3 is 14.8 Å². The van der Waals surface area contributed by atoms with Gasteiger partial charge in [0, 0.05) is 6.42 Å². The first kappa shape index (κ1) is 17.4. The van der Waals surface area contributed by atoms with Gasteiger partial charge in [-0.25, -0.2) is 4.79 Å². The van der Waals surface area contributed by atoms with Crippen LogP contribution in [0, 0.1) is 13.8 Å². The summed E-state index contributed by atoms with van der Waals surface area (Å²) in [4.78, 5) is 26.9. The predicted octanol–water partition coefficient (Wildman–Crippen LogP) is 3.09. The molecule has 6 nitrogen and oxygen atoms in total. The molecule has 0 aliphatic carbocycles. The quantitative estimate of drug-likeness (QED) is 0.845. The Morgan fingerprint density at radius 1 is 1.07 bits per heavy atom. The highest BCUT2D eigenvalue weighted by Crippen LogP contribution is 2.34. The summed E-state index contributed by atoms with van der Waals surface area (Å²) in [6, 6.07) is 11.3. The van der Waals surface area contributed by atoms with E-state index in [-0.39, 0.29) is 25.3 Å². The van der Waals surface area contributed by atoms with Crippen molar-refractivity contribution in [1.82, 2.24) is 10.2 Å². The van der Waals surface area contributed by atoms with Gasteiger partial charge in [0.25, 0.3) is 5.91 Å². The lowest BCUT2D eigenvalue weighted by molar-refractivity contribution is -0.131. The van der Waals surface area contributed by atoms with Crippen molar-refractivity contribution in [3.05, 3.63) is 58.7 Å². The second kappa shape index (κ2) is 6.30. The van der Waals surface area contributed by atoms with Gasteiger partial charge in [-0.05, 0) is 49.6 Å². The minimum absolute atomic E-state index is 0.204. The molecule has 27 heavy (non-hydrogen) atoms. The summed E-state index contributed by atoms with van der Waals surface area (Å²) in [5.41, 5.74) is 3.06. The van der Waals surface area contributed by atoms with E-state index in [2.05, 4.69) is 5.32 Å². The molecule has 1 N–H and O–H groups in total. The third-order valence-electron chi connectivity index (χ3n) is 5.17. The molecule has 1 atom stereocenters. The van der Waals surface area contributed by atoms with Crippen molar-refractivity contribution in [1.29, 1.82) is 0 Å². The fourth-order valence-electron chi connectivity index (χ4n) is 3.61. The smallest absolute Gasteiger partial charge is 0.325 e. The number of carbonyl (C=O) groups excluding carboxylic acids is 2. The highest BCUT2D eigenvalue weighted by atomic mass is 16.7. The molecule has 1 saturated heterocycles. The number of nitrogens with zero attached hydrogens (tertiary/aromatic N) is 1. The topological polar surface area (TPSA) is 67.9 Å². The van der Waals surface area contributed by atoms with E-state index >= 15 is 0 Å². The van der Waals surface area contributed by atoms with Crippen LogP contribution in [0.5, 0.6) is 11.5 Å². The minimum Gasteiger partial charge on any atom is -0.454 e. The average Bonchev–Trinajstić information content (AvgIpc) is 3.16. The fraction of sp³-hybridized carbons (Fsp3) is 0.333. The molecule has 2 aliphatic rings. The van der Waals surface area contributed by atoms with E-state index in [1.165, 1.54) is 4.90 Å². The van der Waals surface area contributed by atoms with Gasteiger partial charge in [-0.1, -0.05) is 29.8 Å². The van der Waals surface area contributed by atoms with Crippen LogP contribution in [-0.4, -0.2) is 29.2 Å². The summed E-state index contributed by atoms with van der Waals surface area (Å²) in [6.45, 7) is 6.22. The molecule has 0 radical (unpaired) electrons. The number of carbonyl (C=O) groups is 2. The van der Waals surface area contributed by atoms with Crippen LogP contribution in [0.4, 0.5) is 4.79 Å². The Kier molecular flexibility index (Phi) is 4.06. The maximum absolute atomic E-state index is 13.1. The van der Waals surface area contributed by atoms with Crippen LogP contribution < -0.4 is 14.8 Å². The first-order valence-corrected chi connectivity index (χ1v) is 8.94. The number of aryl methyl sites for hydroxylation is 2. The van der Waals surface area contributed by atoms with Gasteiger partial charge in [-0.3, -0.25) is 9.69 Å². The Hall–Kier alpha value is -3.02. The van der Waals surface area contributed by atoms with Crippen LogP contribution in [0.25, 0.3) is 0 Å². The number of rotatable bonds is 4. The molecule has 1 unspecified atom stereocenters. The van der Waals surface area contributed by atoms with E-state index in [0.29, 0.717) is 17.9 Å². The van der Waals surface area contributed by atoms with E-state index in [1.807, 2.05) is 50.2 Å². The molecule has 0 spiro atoms. The third kappa shape index (κ3) is 3.12. The molecule has 0 aromatic heterocycles. The van der Waals surface area contributed by atoms with Crippen molar-refractivity contribution in [2.75, 3.05) is 6.79 Å². The van der Waals surface area contributed by atoms with Crippen LogP contribution in [0.2, 0.25) is 0 Å². The molecule has 6 heteroatoms. The monoisotopic (exact) mass is 366 g/mol.